The normalized spacial score (nSPS) is 17.3. The van der Waals surface area contributed by atoms with Crippen LogP contribution in [0.5, 0.6) is 5.75 Å². The summed E-state index contributed by atoms with van der Waals surface area (Å²) < 4.78 is 10.1. The van der Waals surface area contributed by atoms with Gasteiger partial charge in [0.2, 0.25) is 0 Å². The summed E-state index contributed by atoms with van der Waals surface area (Å²) in [6.07, 6.45) is 1.53. The number of amides is 2. The summed E-state index contributed by atoms with van der Waals surface area (Å²) in [5.74, 6) is -0.656. The van der Waals surface area contributed by atoms with E-state index in [1.807, 2.05) is 6.92 Å². The number of imide groups is 1. The Hall–Kier alpha value is -1.99. The molecule has 0 aliphatic carbocycles. The number of benzene rings is 1. The Morgan fingerprint density at radius 1 is 1.42 bits per heavy atom. The maximum Gasteiger partial charge on any atom is 0.328 e. The van der Waals surface area contributed by atoms with Crippen LogP contribution in [-0.4, -0.2) is 41.8 Å². The first-order valence-electron chi connectivity index (χ1n) is 7.16. The molecule has 0 N–H and O–H groups in total. The molecule has 1 atom stereocenters. The van der Waals surface area contributed by atoms with Gasteiger partial charge in [-0.05, 0) is 49.9 Å². The fraction of sp³-hybridized carbons (Fsp3) is 0.312. The van der Waals surface area contributed by atoms with E-state index < -0.39 is 23.2 Å². The van der Waals surface area contributed by atoms with Crippen molar-refractivity contribution in [3.8, 4) is 5.75 Å². The van der Waals surface area contributed by atoms with E-state index in [1.165, 1.54) is 20.1 Å². The molecule has 1 fully saturated rings. The molecule has 24 heavy (non-hydrogen) atoms. The second-order valence-electron chi connectivity index (χ2n) is 4.87. The van der Waals surface area contributed by atoms with Crippen molar-refractivity contribution in [1.29, 1.82) is 0 Å². The lowest BCUT2D eigenvalue weighted by molar-refractivity contribution is -0.148. The van der Waals surface area contributed by atoms with E-state index in [9.17, 15) is 14.4 Å². The second kappa shape index (κ2) is 7.72. The molecule has 2 amide bonds. The third-order valence-corrected chi connectivity index (χ3v) is 4.43. The average Bonchev–Trinajstić information content (AvgIpc) is 2.82. The Morgan fingerprint density at radius 3 is 2.75 bits per heavy atom. The number of esters is 1. The van der Waals surface area contributed by atoms with E-state index in [0.717, 1.165) is 16.7 Å². The van der Waals surface area contributed by atoms with E-state index in [4.69, 9.17) is 16.3 Å². The van der Waals surface area contributed by atoms with Crippen molar-refractivity contribution in [1.82, 2.24) is 4.90 Å². The van der Waals surface area contributed by atoms with E-state index in [1.54, 1.807) is 18.2 Å². The van der Waals surface area contributed by atoms with Crippen LogP contribution in [0.25, 0.3) is 6.08 Å². The number of hydrogen-bond donors (Lipinski definition) is 0. The summed E-state index contributed by atoms with van der Waals surface area (Å²) in [7, 11) is 1.20. The predicted molar refractivity (Wildman–Crippen MR) is 91.9 cm³/mol. The molecule has 0 saturated carbocycles. The highest BCUT2D eigenvalue weighted by atomic mass is 35.5. The third kappa shape index (κ3) is 3.73. The van der Waals surface area contributed by atoms with Crippen molar-refractivity contribution in [2.75, 3.05) is 13.7 Å². The third-order valence-electron chi connectivity index (χ3n) is 3.31. The van der Waals surface area contributed by atoms with E-state index >= 15 is 0 Å². The largest absolute Gasteiger partial charge is 0.493 e. The Balaban J connectivity index is 2.35. The molecule has 0 bridgehead atoms. The first-order valence-corrected chi connectivity index (χ1v) is 8.35. The summed E-state index contributed by atoms with van der Waals surface area (Å²) in [4.78, 5) is 37.2. The van der Waals surface area contributed by atoms with E-state index in [-0.39, 0.29) is 4.91 Å². The highest BCUT2D eigenvalue weighted by molar-refractivity contribution is 8.18. The molecule has 1 aromatic carbocycles. The van der Waals surface area contributed by atoms with Crippen LogP contribution in [0.3, 0.4) is 0 Å². The molecule has 0 radical (unpaired) electrons. The fourth-order valence-electron chi connectivity index (χ4n) is 2.15. The van der Waals surface area contributed by atoms with Crippen LogP contribution in [0.2, 0.25) is 5.02 Å². The summed E-state index contributed by atoms with van der Waals surface area (Å²) in [6, 6.07) is 4.03. The molecule has 8 heteroatoms. The maximum absolute atomic E-state index is 12.5. The number of thioether (sulfide) groups is 1. The topological polar surface area (TPSA) is 72.9 Å². The number of halogens is 1. The number of ether oxygens (including phenoxy) is 2. The molecular formula is C16H16ClNO5S. The Bertz CT molecular complexity index is 718. The molecule has 1 saturated heterocycles. The number of carbonyl (C=O) groups is 3. The Labute approximate surface area is 148 Å². The van der Waals surface area contributed by atoms with Crippen molar-refractivity contribution >= 4 is 46.6 Å². The maximum atomic E-state index is 12.5. The number of hydrogen-bond acceptors (Lipinski definition) is 6. The minimum atomic E-state index is -0.987. The van der Waals surface area contributed by atoms with E-state index in [2.05, 4.69) is 4.74 Å². The highest BCUT2D eigenvalue weighted by Crippen LogP contribution is 2.36. The summed E-state index contributed by atoms with van der Waals surface area (Å²) in [6.45, 7) is 3.73. The van der Waals surface area contributed by atoms with Crippen molar-refractivity contribution in [3.63, 3.8) is 0 Å². The van der Waals surface area contributed by atoms with Crippen LogP contribution in [-0.2, 0) is 14.3 Å². The van der Waals surface area contributed by atoms with Gasteiger partial charge in [0.25, 0.3) is 11.1 Å². The standard InChI is InChI=1S/C16H16ClNO5S/c1-4-23-12-6-5-11(17)7-10(12)8-13-14(19)18(16(21)24-13)9(2)15(20)22-3/h5-9H,4H2,1-3H3/b13-8-/t9-/m1/s1. The number of methoxy groups -OCH3 is 1. The summed E-state index contributed by atoms with van der Waals surface area (Å²) >= 11 is 6.75. The lowest BCUT2D eigenvalue weighted by Gasteiger charge is -2.18. The molecule has 0 unspecified atom stereocenters. The van der Waals surface area contributed by atoms with Crippen molar-refractivity contribution < 1.29 is 23.9 Å². The molecular weight excluding hydrogens is 354 g/mol. The van der Waals surface area contributed by atoms with Gasteiger partial charge in [-0.1, -0.05) is 11.6 Å². The van der Waals surface area contributed by atoms with Gasteiger partial charge < -0.3 is 9.47 Å². The zero-order chi connectivity index (χ0) is 17.9. The van der Waals surface area contributed by atoms with Gasteiger partial charge in [0.1, 0.15) is 11.8 Å². The van der Waals surface area contributed by atoms with Crippen LogP contribution in [0.1, 0.15) is 19.4 Å². The molecule has 1 aliphatic heterocycles. The lowest BCUT2D eigenvalue weighted by atomic mass is 10.1. The smallest absolute Gasteiger partial charge is 0.328 e. The summed E-state index contributed by atoms with van der Waals surface area (Å²) in [5, 5.41) is -0.0454. The quantitative estimate of drug-likeness (QED) is 0.585. The number of rotatable bonds is 5. The Morgan fingerprint density at radius 2 is 2.12 bits per heavy atom. The molecule has 6 nitrogen and oxygen atoms in total. The van der Waals surface area contributed by atoms with Gasteiger partial charge in [0.15, 0.2) is 0 Å². The zero-order valence-corrected chi connectivity index (χ0v) is 14.9. The zero-order valence-electron chi connectivity index (χ0n) is 13.4. The highest BCUT2D eigenvalue weighted by Gasteiger charge is 2.41. The van der Waals surface area contributed by atoms with Crippen molar-refractivity contribution in [2.45, 2.75) is 19.9 Å². The summed E-state index contributed by atoms with van der Waals surface area (Å²) in [5.41, 5.74) is 0.584. The fourth-order valence-corrected chi connectivity index (χ4v) is 3.23. The van der Waals surface area contributed by atoms with Gasteiger partial charge in [-0.3, -0.25) is 14.5 Å². The first-order chi connectivity index (χ1) is 11.4. The minimum Gasteiger partial charge on any atom is -0.493 e. The van der Waals surface area contributed by atoms with E-state index in [0.29, 0.717) is 22.9 Å². The number of nitrogens with zero attached hydrogens (tertiary/aromatic N) is 1. The number of carbonyl (C=O) groups excluding carboxylic acids is 3. The van der Waals surface area contributed by atoms with Crippen LogP contribution in [0, 0.1) is 0 Å². The van der Waals surface area contributed by atoms with Gasteiger partial charge >= 0.3 is 5.97 Å². The SMILES string of the molecule is CCOc1ccc(Cl)cc1/C=C1\SC(=O)N([C@H](C)C(=O)OC)C1=O. The molecule has 128 valence electrons. The molecule has 0 aromatic heterocycles. The average molecular weight is 370 g/mol. The van der Waals surface area contributed by atoms with Gasteiger partial charge in [0, 0.05) is 10.6 Å². The molecule has 0 spiro atoms. The monoisotopic (exact) mass is 369 g/mol. The minimum absolute atomic E-state index is 0.193. The molecule has 1 aromatic rings. The van der Waals surface area contributed by atoms with Gasteiger partial charge in [-0.2, -0.15) is 0 Å². The molecule has 1 aliphatic rings. The van der Waals surface area contributed by atoms with Crippen molar-refractivity contribution in [2.24, 2.45) is 0 Å². The van der Waals surface area contributed by atoms with Crippen LogP contribution in [0.4, 0.5) is 4.79 Å². The second-order valence-corrected chi connectivity index (χ2v) is 6.30. The lowest BCUT2D eigenvalue weighted by Crippen LogP contribution is -2.42. The molecule has 1 heterocycles. The van der Waals surface area contributed by atoms with Gasteiger partial charge in [-0.15, -0.1) is 0 Å². The first kappa shape index (κ1) is 18.4. The molecule has 2 rings (SSSR count). The van der Waals surface area contributed by atoms with Crippen LogP contribution < -0.4 is 4.74 Å². The van der Waals surface area contributed by atoms with Crippen molar-refractivity contribution in [3.05, 3.63) is 33.7 Å². The predicted octanol–water partition coefficient (Wildman–Crippen LogP) is 3.34. The van der Waals surface area contributed by atoms with Crippen LogP contribution in [0.15, 0.2) is 23.1 Å². The van der Waals surface area contributed by atoms with Gasteiger partial charge in [-0.25, -0.2) is 4.79 Å². The van der Waals surface area contributed by atoms with Crippen LogP contribution >= 0.6 is 23.4 Å². The van der Waals surface area contributed by atoms with Gasteiger partial charge in [0.05, 0.1) is 18.6 Å². The Kier molecular flexibility index (Phi) is 5.90.